The van der Waals surface area contributed by atoms with Crippen LogP contribution in [0.3, 0.4) is 0 Å². The minimum Gasteiger partial charge on any atom is -0.362 e. The highest BCUT2D eigenvalue weighted by molar-refractivity contribution is 5.95. The molecule has 1 aromatic carbocycles. The highest BCUT2D eigenvalue weighted by Crippen LogP contribution is 2.13. The molecular formula is C11H12N4O2. The molecule has 0 saturated carbocycles. The molecule has 17 heavy (non-hydrogen) atoms. The van der Waals surface area contributed by atoms with Gasteiger partial charge in [0, 0.05) is 23.8 Å². The molecule has 0 unspecified atom stereocenters. The minimum atomic E-state index is -0.442. The topological polar surface area (TPSA) is 82.3 Å². The Bertz CT molecular complexity index is 433. The summed E-state index contributed by atoms with van der Waals surface area (Å²) in [6.45, 7) is 0. The van der Waals surface area contributed by atoms with Crippen LogP contribution in [0.5, 0.6) is 0 Å². The summed E-state index contributed by atoms with van der Waals surface area (Å²) in [6.07, 6.45) is 3.50. The number of hydrogen-bond donors (Lipinski definition) is 4. The van der Waals surface area contributed by atoms with Crippen molar-refractivity contribution < 1.29 is 9.59 Å². The van der Waals surface area contributed by atoms with Crippen LogP contribution < -0.4 is 21.3 Å². The average Bonchev–Trinajstić information content (AvgIpc) is 2.86. The molecule has 0 aromatic heterocycles. The van der Waals surface area contributed by atoms with E-state index in [4.69, 9.17) is 0 Å². The largest absolute Gasteiger partial charge is 0.362 e. The number of hydrogen-bond acceptors (Lipinski definition) is 4. The maximum absolute atomic E-state index is 11.7. The van der Waals surface area contributed by atoms with Gasteiger partial charge in [0.25, 0.3) is 5.91 Å². The van der Waals surface area contributed by atoms with Gasteiger partial charge in [0.1, 0.15) is 0 Å². The minimum absolute atomic E-state index is 0.175. The molecule has 0 aliphatic carbocycles. The Hall–Kier alpha value is -2.50. The summed E-state index contributed by atoms with van der Waals surface area (Å²) >= 11 is 0. The van der Waals surface area contributed by atoms with E-state index in [1.807, 2.05) is 0 Å². The zero-order valence-corrected chi connectivity index (χ0v) is 8.94. The van der Waals surface area contributed by atoms with Crippen molar-refractivity contribution in [3.63, 3.8) is 0 Å². The van der Waals surface area contributed by atoms with Gasteiger partial charge in [-0.1, -0.05) is 0 Å². The van der Waals surface area contributed by atoms with Crippen molar-refractivity contribution >= 4 is 23.7 Å². The predicted molar refractivity (Wildman–Crippen MR) is 64.0 cm³/mol. The summed E-state index contributed by atoms with van der Waals surface area (Å²) < 4.78 is 0. The van der Waals surface area contributed by atoms with E-state index in [9.17, 15) is 9.59 Å². The fourth-order valence-corrected chi connectivity index (χ4v) is 1.42. The molecule has 6 nitrogen and oxygen atoms in total. The van der Waals surface area contributed by atoms with E-state index < -0.39 is 6.17 Å². The molecule has 88 valence electrons. The van der Waals surface area contributed by atoms with Crippen molar-refractivity contribution in [2.45, 2.75) is 6.17 Å². The molecule has 1 aliphatic rings. The lowest BCUT2D eigenvalue weighted by Gasteiger charge is -2.12. The van der Waals surface area contributed by atoms with Crippen LogP contribution in [-0.2, 0) is 9.59 Å². The van der Waals surface area contributed by atoms with Crippen LogP contribution in [-0.4, -0.2) is 18.5 Å². The molecule has 6 heteroatoms. The van der Waals surface area contributed by atoms with Crippen molar-refractivity contribution in [2.24, 2.45) is 0 Å². The van der Waals surface area contributed by atoms with E-state index >= 15 is 0 Å². The monoisotopic (exact) mass is 232 g/mol. The van der Waals surface area contributed by atoms with Crippen LogP contribution in [0, 0.1) is 0 Å². The third-order valence-corrected chi connectivity index (χ3v) is 2.25. The number of anilines is 2. The van der Waals surface area contributed by atoms with Crippen molar-refractivity contribution in [3.05, 3.63) is 36.7 Å². The quantitative estimate of drug-likeness (QED) is 0.558. The zero-order valence-electron chi connectivity index (χ0n) is 8.94. The first-order chi connectivity index (χ1) is 8.29. The van der Waals surface area contributed by atoms with Gasteiger partial charge in [-0.05, 0) is 24.3 Å². The lowest BCUT2D eigenvalue weighted by atomic mass is 10.2. The summed E-state index contributed by atoms with van der Waals surface area (Å²) in [6, 6.07) is 6.84. The van der Waals surface area contributed by atoms with Crippen LogP contribution in [0.1, 0.15) is 0 Å². The highest BCUT2D eigenvalue weighted by atomic mass is 16.2. The molecule has 1 heterocycles. The molecule has 4 N–H and O–H groups in total. The van der Waals surface area contributed by atoms with Gasteiger partial charge in [-0.15, -0.1) is 0 Å². The molecule has 1 aliphatic heterocycles. The van der Waals surface area contributed by atoms with Gasteiger partial charge >= 0.3 is 0 Å². The molecule has 0 spiro atoms. The van der Waals surface area contributed by atoms with Gasteiger partial charge in [0.05, 0.1) is 0 Å². The molecule has 0 radical (unpaired) electrons. The third-order valence-electron chi connectivity index (χ3n) is 2.25. The van der Waals surface area contributed by atoms with Crippen molar-refractivity contribution in [1.29, 1.82) is 0 Å². The van der Waals surface area contributed by atoms with E-state index in [0.29, 0.717) is 17.8 Å². The summed E-state index contributed by atoms with van der Waals surface area (Å²) in [5, 5.41) is 10.9. The van der Waals surface area contributed by atoms with Gasteiger partial charge in [0.15, 0.2) is 6.17 Å². The fourth-order valence-electron chi connectivity index (χ4n) is 1.42. The van der Waals surface area contributed by atoms with Gasteiger partial charge in [-0.2, -0.15) is 0 Å². The Labute approximate surface area is 98.1 Å². The first kappa shape index (κ1) is 11.0. The van der Waals surface area contributed by atoms with Gasteiger partial charge in [-0.25, -0.2) is 0 Å². The lowest BCUT2D eigenvalue weighted by molar-refractivity contribution is -0.118. The normalized spacial score (nSPS) is 13.6. The maximum Gasteiger partial charge on any atom is 0.267 e. The SMILES string of the molecule is O=CNc1ccc(NC(=O)C2NC=CN2)cc1. The summed E-state index contributed by atoms with van der Waals surface area (Å²) in [7, 11) is 0. The highest BCUT2D eigenvalue weighted by Gasteiger charge is 2.17. The maximum atomic E-state index is 11.7. The zero-order chi connectivity index (χ0) is 12.1. The van der Waals surface area contributed by atoms with E-state index in [1.165, 1.54) is 0 Å². The van der Waals surface area contributed by atoms with Crippen LogP contribution in [0.4, 0.5) is 11.4 Å². The molecule has 2 amide bonds. The number of rotatable bonds is 4. The van der Waals surface area contributed by atoms with E-state index in [1.54, 1.807) is 36.7 Å². The predicted octanol–water partition coefficient (Wildman–Crippen LogP) is 0.183. The first-order valence-electron chi connectivity index (χ1n) is 5.08. The smallest absolute Gasteiger partial charge is 0.267 e. The lowest BCUT2D eigenvalue weighted by Crippen LogP contribution is -2.42. The van der Waals surface area contributed by atoms with Gasteiger partial charge in [-0.3, -0.25) is 9.59 Å². The van der Waals surface area contributed by atoms with Crippen LogP contribution in [0.2, 0.25) is 0 Å². The second kappa shape index (κ2) is 5.02. The number of carbonyl (C=O) groups is 2. The summed E-state index contributed by atoms with van der Waals surface area (Å²) in [5.74, 6) is -0.175. The van der Waals surface area contributed by atoms with Crippen molar-refractivity contribution in [3.8, 4) is 0 Å². The summed E-state index contributed by atoms with van der Waals surface area (Å²) in [4.78, 5) is 21.9. The Morgan fingerprint density at radius 3 is 2.29 bits per heavy atom. The Morgan fingerprint density at radius 2 is 1.71 bits per heavy atom. The molecule has 1 aromatic rings. The molecule has 2 rings (SSSR count). The standard InChI is InChI=1S/C11H12N4O2/c16-7-14-8-1-3-9(4-2-8)15-11(17)10-12-5-6-13-10/h1-7,10,12-13H,(H,14,16)(H,15,17). The van der Waals surface area contributed by atoms with Crippen LogP contribution >= 0.6 is 0 Å². The molecule has 0 fully saturated rings. The molecule has 0 bridgehead atoms. The van der Waals surface area contributed by atoms with E-state index in [-0.39, 0.29) is 5.91 Å². The second-order valence-corrected chi connectivity index (χ2v) is 3.43. The van der Waals surface area contributed by atoms with E-state index in [0.717, 1.165) is 0 Å². The molecular weight excluding hydrogens is 220 g/mol. The number of carbonyl (C=O) groups excluding carboxylic acids is 2. The van der Waals surface area contributed by atoms with Gasteiger partial charge < -0.3 is 21.3 Å². The van der Waals surface area contributed by atoms with E-state index in [2.05, 4.69) is 21.3 Å². The van der Waals surface area contributed by atoms with Crippen molar-refractivity contribution in [2.75, 3.05) is 10.6 Å². The van der Waals surface area contributed by atoms with Crippen LogP contribution in [0.25, 0.3) is 0 Å². The molecule has 0 saturated heterocycles. The Kier molecular flexibility index (Phi) is 3.25. The number of amides is 2. The fraction of sp³-hybridized carbons (Fsp3) is 0.0909. The van der Waals surface area contributed by atoms with Gasteiger partial charge in [0.2, 0.25) is 6.41 Å². The number of nitrogens with one attached hydrogen (secondary N) is 4. The Balaban J connectivity index is 1.94. The second-order valence-electron chi connectivity index (χ2n) is 3.43. The third kappa shape index (κ3) is 2.75. The average molecular weight is 232 g/mol. The number of benzene rings is 1. The molecule has 0 atom stereocenters. The Morgan fingerprint density at radius 1 is 1.12 bits per heavy atom. The first-order valence-corrected chi connectivity index (χ1v) is 5.08. The summed E-state index contributed by atoms with van der Waals surface area (Å²) in [5.41, 5.74) is 1.35. The van der Waals surface area contributed by atoms with Crippen molar-refractivity contribution in [1.82, 2.24) is 10.6 Å². The van der Waals surface area contributed by atoms with Crippen LogP contribution in [0.15, 0.2) is 36.7 Å².